The SMILES string of the molecule is Cc1cc(C2CC[C@@H]3[C@@H]4CCCC[C@@H]4C(C)(C)[C@@H]3C2)c2ccc3cc(C(C)C)cc4ccc1c2c43. The van der Waals surface area contributed by atoms with Crippen LogP contribution in [0.5, 0.6) is 0 Å². The van der Waals surface area contributed by atoms with E-state index in [0.29, 0.717) is 17.3 Å². The smallest absolute Gasteiger partial charge is 0.00213 e. The van der Waals surface area contributed by atoms with Crippen LogP contribution in [-0.4, -0.2) is 0 Å². The first-order valence-electron chi connectivity index (χ1n) is 14.6. The Morgan fingerprint density at radius 2 is 1.43 bits per heavy atom. The van der Waals surface area contributed by atoms with Crippen LogP contribution in [0, 0.1) is 36.0 Å². The second-order valence-electron chi connectivity index (χ2n) is 13.5. The van der Waals surface area contributed by atoms with Crippen LogP contribution in [0.4, 0.5) is 0 Å². The van der Waals surface area contributed by atoms with Crippen molar-refractivity contribution < 1.29 is 0 Å². The molecule has 5 atom stereocenters. The zero-order valence-electron chi connectivity index (χ0n) is 22.5. The Labute approximate surface area is 211 Å². The van der Waals surface area contributed by atoms with Crippen molar-refractivity contribution in [3.63, 3.8) is 0 Å². The lowest BCUT2D eigenvalue weighted by atomic mass is 9.64. The second-order valence-corrected chi connectivity index (χ2v) is 13.5. The van der Waals surface area contributed by atoms with Crippen LogP contribution in [0.2, 0.25) is 0 Å². The van der Waals surface area contributed by atoms with Crippen LogP contribution < -0.4 is 0 Å². The van der Waals surface area contributed by atoms with Gasteiger partial charge in [-0.1, -0.05) is 83.0 Å². The van der Waals surface area contributed by atoms with Crippen molar-refractivity contribution >= 4 is 32.3 Å². The van der Waals surface area contributed by atoms with Gasteiger partial charge in [0.1, 0.15) is 0 Å². The van der Waals surface area contributed by atoms with Crippen LogP contribution in [-0.2, 0) is 0 Å². The van der Waals surface area contributed by atoms with Gasteiger partial charge in [0.15, 0.2) is 0 Å². The predicted octanol–water partition coefficient (Wildman–Crippen LogP) is 10.4. The van der Waals surface area contributed by atoms with E-state index in [2.05, 4.69) is 77.1 Å². The summed E-state index contributed by atoms with van der Waals surface area (Å²) in [6.07, 6.45) is 10.2. The molecule has 0 amide bonds. The number of fused-ring (bicyclic) bond motifs is 3. The summed E-state index contributed by atoms with van der Waals surface area (Å²) in [4.78, 5) is 0. The van der Waals surface area contributed by atoms with E-state index in [1.165, 1.54) is 88.4 Å². The molecule has 0 spiro atoms. The van der Waals surface area contributed by atoms with E-state index in [1.54, 1.807) is 5.56 Å². The first kappa shape index (κ1) is 22.1. The van der Waals surface area contributed by atoms with Gasteiger partial charge in [0.2, 0.25) is 0 Å². The molecule has 0 aliphatic heterocycles. The fourth-order valence-corrected chi connectivity index (χ4v) is 9.53. The Morgan fingerprint density at radius 3 is 2.17 bits per heavy atom. The summed E-state index contributed by atoms with van der Waals surface area (Å²) in [7, 11) is 0. The normalized spacial score (nSPS) is 30.4. The maximum atomic E-state index is 2.64. The van der Waals surface area contributed by atoms with Crippen molar-refractivity contribution in [3.8, 4) is 0 Å². The third kappa shape index (κ3) is 3.11. The molecule has 3 saturated carbocycles. The van der Waals surface area contributed by atoms with E-state index in [4.69, 9.17) is 0 Å². The predicted molar refractivity (Wildman–Crippen MR) is 152 cm³/mol. The number of hydrogen-bond donors (Lipinski definition) is 0. The molecule has 7 rings (SSSR count). The summed E-state index contributed by atoms with van der Waals surface area (Å²) in [5, 5.41) is 8.87. The molecule has 1 unspecified atom stereocenters. The highest BCUT2D eigenvalue weighted by molar-refractivity contribution is 6.24. The quantitative estimate of drug-likeness (QED) is 0.260. The van der Waals surface area contributed by atoms with E-state index < -0.39 is 0 Å². The molecule has 0 saturated heterocycles. The van der Waals surface area contributed by atoms with Crippen molar-refractivity contribution in [2.75, 3.05) is 0 Å². The molecular formula is C35H42. The lowest BCUT2D eigenvalue weighted by molar-refractivity contribution is 0.117. The van der Waals surface area contributed by atoms with Gasteiger partial charge in [-0.3, -0.25) is 0 Å². The van der Waals surface area contributed by atoms with Gasteiger partial charge in [-0.15, -0.1) is 0 Å². The minimum Gasteiger partial charge on any atom is -0.0594 e. The third-order valence-electron chi connectivity index (χ3n) is 11.3. The first-order valence-corrected chi connectivity index (χ1v) is 14.6. The van der Waals surface area contributed by atoms with Crippen molar-refractivity contribution in [1.29, 1.82) is 0 Å². The van der Waals surface area contributed by atoms with Gasteiger partial charge in [-0.05, 0) is 129 Å². The Morgan fingerprint density at radius 1 is 0.743 bits per heavy atom. The summed E-state index contributed by atoms with van der Waals surface area (Å²) in [6.45, 7) is 12.3. The van der Waals surface area contributed by atoms with Gasteiger partial charge in [0, 0.05) is 0 Å². The molecule has 0 bridgehead atoms. The van der Waals surface area contributed by atoms with Crippen molar-refractivity contribution in [2.24, 2.45) is 29.1 Å². The standard InChI is InChI=1S/C35H42/c1-20(2)25-17-23-11-13-26-21(3)16-30(29-15-12-24(18-25)33(23)34(26)29)22-10-14-28-27-8-6-7-9-31(27)35(4,5)32(28)19-22/h11-13,15-18,20,22,27-28,31-32H,6-10,14,19H2,1-5H3/t22?,27-,28+,31-,32+/m0/s1. The van der Waals surface area contributed by atoms with Gasteiger partial charge < -0.3 is 0 Å². The maximum Gasteiger partial charge on any atom is -0.00213 e. The molecule has 182 valence electrons. The number of hydrogen-bond acceptors (Lipinski definition) is 0. The summed E-state index contributed by atoms with van der Waals surface area (Å²) in [5.41, 5.74) is 5.09. The molecule has 4 aromatic carbocycles. The Balaban J connectivity index is 1.36. The average Bonchev–Trinajstić information content (AvgIpc) is 3.09. The molecule has 0 radical (unpaired) electrons. The highest BCUT2D eigenvalue weighted by atomic mass is 14.6. The Hall–Kier alpha value is -2.08. The molecule has 0 nitrogen and oxygen atoms in total. The van der Waals surface area contributed by atoms with E-state index in [9.17, 15) is 0 Å². The van der Waals surface area contributed by atoms with Crippen molar-refractivity contribution in [2.45, 2.75) is 91.4 Å². The zero-order valence-corrected chi connectivity index (χ0v) is 22.5. The third-order valence-corrected chi connectivity index (χ3v) is 11.3. The summed E-state index contributed by atoms with van der Waals surface area (Å²) >= 11 is 0. The van der Waals surface area contributed by atoms with Crippen LogP contribution >= 0.6 is 0 Å². The van der Waals surface area contributed by atoms with Crippen LogP contribution in [0.1, 0.15) is 101 Å². The number of benzene rings is 4. The monoisotopic (exact) mass is 462 g/mol. The van der Waals surface area contributed by atoms with Gasteiger partial charge >= 0.3 is 0 Å². The molecule has 3 aliphatic carbocycles. The van der Waals surface area contributed by atoms with Crippen LogP contribution in [0.25, 0.3) is 32.3 Å². The summed E-state index contributed by atoms with van der Waals surface area (Å²) < 4.78 is 0. The van der Waals surface area contributed by atoms with E-state index >= 15 is 0 Å². The molecule has 3 fully saturated rings. The molecule has 0 heteroatoms. The van der Waals surface area contributed by atoms with Crippen molar-refractivity contribution in [1.82, 2.24) is 0 Å². The molecule has 3 aliphatic rings. The van der Waals surface area contributed by atoms with Gasteiger partial charge in [-0.25, -0.2) is 0 Å². The van der Waals surface area contributed by atoms with Gasteiger partial charge in [-0.2, -0.15) is 0 Å². The Kier molecular flexibility index (Phi) is 4.88. The molecular weight excluding hydrogens is 420 g/mol. The van der Waals surface area contributed by atoms with Crippen LogP contribution in [0.15, 0.2) is 42.5 Å². The van der Waals surface area contributed by atoms with Gasteiger partial charge in [0.25, 0.3) is 0 Å². The van der Waals surface area contributed by atoms with E-state index in [-0.39, 0.29) is 0 Å². The number of aryl methyl sites for hydroxylation is 1. The molecule has 0 heterocycles. The fraction of sp³-hybridized carbons (Fsp3) is 0.543. The minimum absolute atomic E-state index is 0.514. The highest BCUT2D eigenvalue weighted by Gasteiger charge is 2.56. The summed E-state index contributed by atoms with van der Waals surface area (Å²) in [6, 6.07) is 17.2. The van der Waals surface area contributed by atoms with E-state index in [0.717, 1.165) is 23.7 Å². The van der Waals surface area contributed by atoms with E-state index in [1.807, 2.05) is 0 Å². The van der Waals surface area contributed by atoms with Crippen molar-refractivity contribution in [3.05, 3.63) is 59.2 Å². The molecule has 0 aromatic heterocycles. The number of rotatable bonds is 2. The fourth-order valence-electron chi connectivity index (χ4n) is 9.53. The topological polar surface area (TPSA) is 0 Å². The second kappa shape index (κ2) is 7.71. The van der Waals surface area contributed by atoms with Crippen LogP contribution in [0.3, 0.4) is 0 Å². The molecule has 0 N–H and O–H groups in total. The molecule has 35 heavy (non-hydrogen) atoms. The highest BCUT2D eigenvalue weighted by Crippen LogP contribution is 2.64. The first-order chi connectivity index (χ1) is 16.8. The summed E-state index contributed by atoms with van der Waals surface area (Å²) in [5.74, 6) is 5.16. The molecule has 4 aromatic rings. The largest absolute Gasteiger partial charge is 0.0594 e. The lowest BCUT2D eigenvalue weighted by Gasteiger charge is -2.40. The Bertz CT molecular complexity index is 1400. The minimum atomic E-state index is 0.514. The van der Waals surface area contributed by atoms with Gasteiger partial charge in [0.05, 0.1) is 0 Å². The lowest BCUT2D eigenvalue weighted by Crippen LogP contribution is -2.31. The average molecular weight is 463 g/mol. The zero-order chi connectivity index (χ0) is 24.1. The maximum absolute atomic E-state index is 2.64.